The molecular formula is C24H29N7O. The molecule has 8 nitrogen and oxygen atoms in total. The summed E-state index contributed by atoms with van der Waals surface area (Å²) >= 11 is 0. The van der Waals surface area contributed by atoms with Crippen molar-refractivity contribution >= 4 is 34.8 Å². The zero-order valence-corrected chi connectivity index (χ0v) is 18.2. The van der Waals surface area contributed by atoms with Gasteiger partial charge in [0.2, 0.25) is 0 Å². The van der Waals surface area contributed by atoms with Gasteiger partial charge in [0.1, 0.15) is 0 Å². The van der Waals surface area contributed by atoms with Crippen molar-refractivity contribution in [2.45, 2.75) is 6.92 Å². The molecule has 2 heterocycles. The average molecular weight is 432 g/mol. The van der Waals surface area contributed by atoms with Crippen LogP contribution in [0.4, 0.5) is 17.1 Å². The van der Waals surface area contributed by atoms with Gasteiger partial charge in [-0.2, -0.15) is 0 Å². The van der Waals surface area contributed by atoms with E-state index in [2.05, 4.69) is 43.9 Å². The lowest BCUT2D eigenvalue weighted by atomic mass is 10.1. The van der Waals surface area contributed by atoms with E-state index in [9.17, 15) is 0 Å². The van der Waals surface area contributed by atoms with E-state index in [1.165, 1.54) is 11.9 Å². The van der Waals surface area contributed by atoms with E-state index in [0.29, 0.717) is 23.0 Å². The van der Waals surface area contributed by atoms with Gasteiger partial charge < -0.3 is 31.1 Å². The largest absolute Gasteiger partial charge is 0.399 e. The molecule has 4 rings (SSSR count). The summed E-state index contributed by atoms with van der Waals surface area (Å²) in [6, 6.07) is 15.8. The predicted molar refractivity (Wildman–Crippen MR) is 133 cm³/mol. The molecule has 1 aromatic heterocycles. The van der Waals surface area contributed by atoms with Crippen LogP contribution in [0.25, 0.3) is 5.70 Å². The minimum atomic E-state index is 0.585. The number of nitrogens with one attached hydrogen (secondary N) is 3. The first-order valence-corrected chi connectivity index (χ1v) is 10.4. The molecule has 0 radical (unpaired) electrons. The fraction of sp³-hybridized carbons (Fsp3) is 0.208. The Balaban J connectivity index is 0.000000913. The van der Waals surface area contributed by atoms with E-state index >= 15 is 0 Å². The van der Waals surface area contributed by atoms with E-state index in [1.807, 2.05) is 36.4 Å². The van der Waals surface area contributed by atoms with Gasteiger partial charge in [-0.3, -0.25) is 0 Å². The number of rotatable bonds is 5. The second kappa shape index (κ2) is 11.5. The van der Waals surface area contributed by atoms with Crippen LogP contribution in [0.5, 0.6) is 0 Å². The summed E-state index contributed by atoms with van der Waals surface area (Å²) in [5.41, 5.74) is 10.1. The number of hydrogen-bond acceptors (Lipinski definition) is 6. The van der Waals surface area contributed by atoms with Crippen LogP contribution in [0.2, 0.25) is 0 Å². The molecule has 1 saturated heterocycles. The molecule has 0 amide bonds. The highest BCUT2D eigenvalue weighted by atomic mass is 16.5. The Hall–Kier alpha value is -3.91. The van der Waals surface area contributed by atoms with Crippen molar-refractivity contribution in [2.75, 3.05) is 42.3 Å². The summed E-state index contributed by atoms with van der Waals surface area (Å²) in [4.78, 5) is 14.4. The normalized spacial score (nSPS) is 13.7. The minimum Gasteiger partial charge on any atom is -0.399 e. The van der Waals surface area contributed by atoms with Crippen molar-refractivity contribution in [3.8, 4) is 0 Å². The van der Waals surface area contributed by atoms with Crippen molar-refractivity contribution in [2.24, 2.45) is 4.99 Å². The molecule has 0 aliphatic carbocycles. The number of hydrogen-bond donors (Lipinski definition) is 4. The van der Waals surface area contributed by atoms with Gasteiger partial charge in [-0.1, -0.05) is 18.7 Å². The molecule has 32 heavy (non-hydrogen) atoms. The van der Waals surface area contributed by atoms with Crippen LogP contribution in [0.15, 0.2) is 72.5 Å². The molecule has 3 aromatic rings. The van der Waals surface area contributed by atoms with Gasteiger partial charge in [-0.05, 0) is 49.5 Å². The molecule has 1 aliphatic heterocycles. The molecule has 0 unspecified atom stereocenters. The van der Waals surface area contributed by atoms with E-state index in [-0.39, 0.29) is 0 Å². The maximum Gasteiger partial charge on any atom is 0.174 e. The summed E-state index contributed by atoms with van der Waals surface area (Å²) < 4.78 is 5.42. The first kappa shape index (κ1) is 22.8. The van der Waals surface area contributed by atoms with Crippen LogP contribution in [-0.4, -0.2) is 48.3 Å². The molecule has 1 aliphatic rings. The van der Waals surface area contributed by atoms with Crippen LogP contribution >= 0.6 is 0 Å². The van der Waals surface area contributed by atoms with Gasteiger partial charge in [-0.25, -0.2) is 9.98 Å². The van der Waals surface area contributed by atoms with Crippen molar-refractivity contribution < 1.29 is 4.74 Å². The third-order valence-electron chi connectivity index (χ3n) is 4.70. The number of nitrogen functional groups attached to an aromatic ring is 1. The number of aromatic nitrogens is 2. The molecule has 0 saturated carbocycles. The molecule has 0 atom stereocenters. The van der Waals surface area contributed by atoms with Crippen molar-refractivity contribution in [3.05, 3.63) is 78.9 Å². The molecule has 1 fully saturated rings. The Kier molecular flexibility index (Phi) is 8.16. The quantitative estimate of drug-likeness (QED) is 0.277. The average Bonchev–Trinajstić information content (AvgIpc) is 3.35. The van der Waals surface area contributed by atoms with E-state index in [4.69, 9.17) is 15.9 Å². The number of morpholine rings is 1. The number of aliphatic imine (C=N–C) groups is 1. The fourth-order valence-electron chi connectivity index (χ4n) is 3.17. The van der Waals surface area contributed by atoms with Gasteiger partial charge in [-0.15, -0.1) is 0 Å². The van der Waals surface area contributed by atoms with Gasteiger partial charge in [0, 0.05) is 48.1 Å². The van der Waals surface area contributed by atoms with Crippen LogP contribution in [0, 0.1) is 5.41 Å². The van der Waals surface area contributed by atoms with E-state index in [1.54, 1.807) is 19.3 Å². The monoisotopic (exact) mass is 431 g/mol. The highest BCUT2D eigenvalue weighted by molar-refractivity contribution is 6.08. The molecule has 2 aromatic carbocycles. The van der Waals surface area contributed by atoms with Crippen molar-refractivity contribution in [1.82, 2.24) is 9.97 Å². The number of H-pyrrole nitrogens is 1. The standard InChI is InChI=1S/C22H24N6O.C2H5N/c1-16(17-3-2-4-18(23)15-17)26-22(21-24-9-10-25-21)27-19-5-7-20(8-6-19)28-11-13-29-14-12-28;1-2-3/h2-10,15H,1,11-14,23H2,(H,24,25)(H,26,27);2-3H,1H3. The third kappa shape index (κ3) is 6.29. The SMILES string of the molecule is C=C(N=C(Nc1ccc(N2CCOCC2)cc1)c1ncc[nH]1)c1cccc(N)c1.CC=N. The molecule has 5 N–H and O–H groups in total. The van der Waals surface area contributed by atoms with Gasteiger partial charge in [0.05, 0.1) is 18.9 Å². The lowest BCUT2D eigenvalue weighted by molar-refractivity contribution is 0.122. The maximum absolute atomic E-state index is 6.08. The topological polar surface area (TPSA) is 115 Å². The van der Waals surface area contributed by atoms with Gasteiger partial charge >= 0.3 is 0 Å². The fourth-order valence-corrected chi connectivity index (χ4v) is 3.17. The Morgan fingerprint density at radius 2 is 1.97 bits per heavy atom. The lowest BCUT2D eigenvalue weighted by Crippen LogP contribution is -2.36. The smallest absolute Gasteiger partial charge is 0.174 e. The number of nitrogens with zero attached hydrogens (tertiary/aromatic N) is 3. The summed E-state index contributed by atoms with van der Waals surface area (Å²) in [7, 11) is 0. The number of imidazole rings is 1. The second-order valence-electron chi connectivity index (χ2n) is 7.03. The highest BCUT2D eigenvalue weighted by Gasteiger charge is 2.12. The van der Waals surface area contributed by atoms with Crippen molar-refractivity contribution in [1.29, 1.82) is 5.41 Å². The number of aromatic amines is 1. The Morgan fingerprint density at radius 1 is 1.25 bits per heavy atom. The molecule has 0 bridgehead atoms. The molecular weight excluding hydrogens is 402 g/mol. The summed E-state index contributed by atoms with van der Waals surface area (Å²) in [5, 5.41) is 9.43. The number of ether oxygens (including phenoxy) is 1. The first-order valence-electron chi connectivity index (χ1n) is 10.4. The first-order chi connectivity index (χ1) is 15.6. The van der Waals surface area contributed by atoms with Gasteiger partial charge in [0.25, 0.3) is 0 Å². The second-order valence-corrected chi connectivity index (χ2v) is 7.03. The highest BCUT2D eigenvalue weighted by Crippen LogP contribution is 2.21. The number of anilines is 3. The molecule has 8 heteroatoms. The van der Waals surface area contributed by atoms with Crippen LogP contribution < -0.4 is 16.0 Å². The van der Waals surface area contributed by atoms with Crippen molar-refractivity contribution in [3.63, 3.8) is 0 Å². The molecule has 166 valence electrons. The number of amidine groups is 1. The Bertz CT molecular complexity index is 1040. The minimum absolute atomic E-state index is 0.585. The predicted octanol–water partition coefficient (Wildman–Crippen LogP) is 4.01. The summed E-state index contributed by atoms with van der Waals surface area (Å²) in [5.74, 6) is 1.22. The van der Waals surface area contributed by atoms with Crippen LogP contribution in [0.3, 0.4) is 0 Å². The lowest BCUT2D eigenvalue weighted by Gasteiger charge is -2.28. The number of benzene rings is 2. The number of nitrogens with two attached hydrogens (primary N) is 1. The van der Waals surface area contributed by atoms with Gasteiger partial charge in [0.15, 0.2) is 11.7 Å². The van der Waals surface area contributed by atoms with E-state index in [0.717, 1.165) is 37.6 Å². The zero-order chi connectivity index (χ0) is 22.8. The maximum atomic E-state index is 6.08. The molecule has 0 spiro atoms. The van der Waals surface area contributed by atoms with Crippen LogP contribution in [-0.2, 0) is 4.74 Å². The Morgan fingerprint density at radius 3 is 2.59 bits per heavy atom. The summed E-state index contributed by atoms with van der Waals surface area (Å²) in [6.07, 6.45) is 4.70. The van der Waals surface area contributed by atoms with Crippen LogP contribution in [0.1, 0.15) is 18.3 Å². The van der Waals surface area contributed by atoms with E-state index < -0.39 is 0 Å². The zero-order valence-electron chi connectivity index (χ0n) is 18.2. The Labute approximate surface area is 188 Å². The third-order valence-corrected chi connectivity index (χ3v) is 4.70. The summed E-state index contributed by atoms with van der Waals surface area (Å²) in [6.45, 7) is 9.10.